The second-order valence-electron chi connectivity index (χ2n) is 2.96. The van der Waals surface area contributed by atoms with E-state index in [0.717, 1.165) is 0 Å². The van der Waals surface area contributed by atoms with Gasteiger partial charge in [-0.3, -0.25) is 0 Å². The van der Waals surface area contributed by atoms with Crippen LogP contribution in [-0.4, -0.2) is 27.7 Å². The van der Waals surface area contributed by atoms with Crippen LogP contribution in [0.15, 0.2) is 10.8 Å². The van der Waals surface area contributed by atoms with Gasteiger partial charge in [-0.2, -0.15) is 0 Å². The summed E-state index contributed by atoms with van der Waals surface area (Å²) >= 11 is 13.5. The fourth-order valence-electron chi connectivity index (χ4n) is 0.906. The quantitative estimate of drug-likeness (QED) is 0.868. The smallest absolute Gasteiger partial charge is 0.357 e. The summed E-state index contributed by atoms with van der Waals surface area (Å²) in [6.45, 7) is 2.07. The molecule has 0 aliphatic carbocycles. The summed E-state index contributed by atoms with van der Waals surface area (Å²) in [7, 11) is 0. The lowest BCUT2D eigenvalue weighted by molar-refractivity contribution is 0.0520. The zero-order valence-electron chi connectivity index (χ0n) is 9.80. The highest BCUT2D eigenvalue weighted by Crippen LogP contribution is 2.15. The molecule has 2 rings (SSSR count). The molecule has 2 heterocycles. The highest BCUT2D eigenvalue weighted by Gasteiger charge is 2.09. The number of aliphatic hydroxyl groups is 1. The number of hydrogen-bond acceptors (Lipinski definition) is 7. The minimum Gasteiger partial charge on any atom is -0.461 e. The Labute approximate surface area is 127 Å². The summed E-state index contributed by atoms with van der Waals surface area (Å²) in [5, 5.41) is 11.7. The maximum absolute atomic E-state index is 10.9. The molecule has 0 aromatic carbocycles. The van der Waals surface area contributed by atoms with E-state index in [1.165, 1.54) is 22.7 Å². The molecule has 0 saturated carbocycles. The Morgan fingerprint density at radius 3 is 2.32 bits per heavy atom. The second-order valence-corrected chi connectivity index (χ2v) is 5.84. The molecule has 0 bridgehead atoms. The third-order valence-corrected chi connectivity index (χ3v) is 3.65. The van der Waals surface area contributed by atoms with Crippen molar-refractivity contribution >= 4 is 51.8 Å². The highest BCUT2D eigenvalue weighted by atomic mass is 35.5. The predicted molar refractivity (Wildman–Crippen MR) is 76.1 cm³/mol. The van der Waals surface area contributed by atoms with Gasteiger partial charge in [0.25, 0.3) is 0 Å². The summed E-state index contributed by atoms with van der Waals surface area (Å²) in [5.41, 5.74) is 0.918. The van der Waals surface area contributed by atoms with Crippen LogP contribution in [0.4, 0.5) is 0 Å². The average molecular weight is 341 g/mol. The zero-order valence-corrected chi connectivity index (χ0v) is 12.9. The number of nitrogens with zero attached hydrogens (tertiary/aromatic N) is 2. The molecular weight excluding hydrogens is 331 g/mol. The molecule has 9 heteroatoms. The van der Waals surface area contributed by atoms with E-state index in [9.17, 15) is 4.79 Å². The molecule has 0 aliphatic heterocycles. The van der Waals surface area contributed by atoms with Crippen LogP contribution in [0.3, 0.4) is 0 Å². The Bertz CT molecular complexity index is 530. The van der Waals surface area contributed by atoms with E-state index < -0.39 is 5.97 Å². The number of hydrogen-bond donors (Lipinski definition) is 1. The Morgan fingerprint density at radius 2 is 1.95 bits per heavy atom. The van der Waals surface area contributed by atoms with Gasteiger partial charge in [0.2, 0.25) is 0 Å². The fraction of sp³-hybridized carbons (Fsp3) is 0.300. The van der Waals surface area contributed by atoms with Gasteiger partial charge in [0.1, 0.15) is 0 Å². The van der Waals surface area contributed by atoms with Crippen molar-refractivity contribution in [1.29, 1.82) is 0 Å². The summed E-state index contributed by atoms with van der Waals surface area (Å²) < 4.78 is 5.52. The van der Waals surface area contributed by atoms with Crippen LogP contribution in [0, 0.1) is 0 Å². The van der Waals surface area contributed by atoms with Crippen LogP contribution in [0.5, 0.6) is 0 Å². The molecule has 104 valence electrons. The molecule has 19 heavy (non-hydrogen) atoms. The number of halogens is 2. The zero-order chi connectivity index (χ0) is 14.3. The maximum Gasteiger partial charge on any atom is 0.357 e. The molecule has 2 aromatic rings. The molecule has 0 atom stereocenters. The Hall–Kier alpha value is -0.730. The van der Waals surface area contributed by atoms with Crippen molar-refractivity contribution in [3.8, 4) is 0 Å². The summed E-state index contributed by atoms with van der Waals surface area (Å²) in [6.07, 6.45) is 0. The van der Waals surface area contributed by atoms with Crippen molar-refractivity contribution in [2.75, 3.05) is 6.61 Å². The molecule has 0 aliphatic rings. The van der Waals surface area contributed by atoms with Gasteiger partial charge >= 0.3 is 5.97 Å². The van der Waals surface area contributed by atoms with Crippen molar-refractivity contribution in [2.24, 2.45) is 0 Å². The SMILES string of the molecule is CCOC(=O)c1csc(Cl)n1.OCc1csc(Cl)n1. The molecule has 0 radical (unpaired) electrons. The van der Waals surface area contributed by atoms with Gasteiger partial charge in [0, 0.05) is 10.8 Å². The predicted octanol–water partition coefficient (Wildman–Crippen LogP) is 3.26. The average Bonchev–Trinajstić information content (AvgIpc) is 2.99. The van der Waals surface area contributed by atoms with Gasteiger partial charge in [0.05, 0.1) is 18.9 Å². The van der Waals surface area contributed by atoms with Crippen LogP contribution in [0.1, 0.15) is 23.1 Å². The Balaban J connectivity index is 0.000000200. The van der Waals surface area contributed by atoms with E-state index in [4.69, 9.17) is 28.3 Å². The van der Waals surface area contributed by atoms with Gasteiger partial charge < -0.3 is 9.84 Å². The molecular formula is C10H10Cl2N2O3S2. The molecule has 1 N–H and O–H groups in total. The van der Waals surface area contributed by atoms with E-state index in [-0.39, 0.29) is 12.3 Å². The minimum absolute atomic E-state index is 0.0246. The summed E-state index contributed by atoms with van der Waals surface area (Å²) in [6, 6.07) is 0. The molecule has 0 saturated heterocycles. The molecule has 0 fully saturated rings. The van der Waals surface area contributed by atoms with Crippen LogP contribution < -0.4 is 0 Å². The van der Waals surface area contributed by atoms with Crippen LogP contribution in [-0.2, 0) is 11.3 Å². The lowest BCUT2D eigenvalue weighted by Crippen LogP contribution is -2.04. The van der Waals surface area contributed by atoms with Crippen molar-refractivity contribution in [1.82, 2.24) is 9.97 Å². The van der Waals surface area contributed by atoms with E-state index in [1.807, 2.05) is 0 Å². The third-order valence-electron chi connectivity index (χ3n) is 1.65. The number of carbonyl (C=O) groups excluding carboxylic acids is 1. The molecule has 0 spiro atoms. The lowest BCUT2D eigenvalue weighted by atomic mass is 10.5. The first-order valence-corrected chi connectivity index (χ1v) is 7.57. The number of thiazole rings is 2. The number of aromatic nitrogens is 2. The molecule has 0 unspecified atom stereocenters. The first-order chi connectivity index (χ1) is 9.06. The number of rotatable bonds is 3. The van der Waals surface area contributed by atoms with E-state index in [1.54, 1.807) is 17.7 Å². The number of carbonyl (C=O) groups is 1. The fourth-order valence-corrected chi connectivity index (χ4v) is 2.41. The second kappa shape index (κ2) is 8.44. The molecule has 5 nitrogen and oxygen atoms in total. The Kier molecular flexibility index (Phi) is 7.25. The summed E-state index contributed by atoms with van der Waals surface area (Å²) in [4.78, 5) is 18.4. The Morgan fingerprint density at radius 1 is 1.32 bits per heavy atom. The number of ether oxygens (including phenoxy) is 1. The standard InChI is InChI=1S/C6H6ClNO2S.C4H4ClNOS/c1-2-10-5(9)4-3-11-6(7)8-4;5-4-6-3(1-7)2-8-4/h3H,2H2,1H3;2,7H,1H2. The highest BCUT2D eigenvalue weighted by molar-refractivity contribution is 7.14. The largest absolute Gasteiger partial charge is 0.461 e. The van der Waals surface area contributed by atoms with Crippen LogP contribution >= 0.6 is 45.9 Å². The van der Waals surface area contributed by atoms with E-state index >= 15 is 0 Å². The van der Waals surface area contributed by atoms with Crippen LogP contribution in [0.25, 0.3) is 0 Å². The van der Waals surface area contributed by atoms with Gasteiger partial charge in [0.15, 0.2) is 14.6 Å². The first-order valence-electron chi connectivity index (χ1n) is 5.05. The van der Waals surface area contributed by atoms with E-state index in [2.05, 4.69) is 14.7 Å². The first kappa shape index (κ1) is 16.3. The number of aliphatic hydroxyl groups excluding tert-OH is 1. The maximum atomic E-state index is 10.9. The minimum atomic E-state index is -0.421. The van der Waals surface area contributed by atoms with Gasteiger partial charge in [-0.25, -0.2) is 14.8 Å². The van der Waals surface area contributed by atoms with Gasteiger partial charge in [-0.05, 0) is 6.92 Å². The third kappa shape index (κ3) is 5.84. The molecule has 2 aromatic heterocycles. The van der Waals surface area contributed by atoms with Crippen LogP contribution in [0.2, 0.25) is 8.93 Å². The van der Waals surface area contributed by atoms with Crippen molar-refractivity contribution < 1.29 is 14.6 Å². The van der Waals surface area contributed by atoms with Crippen molar-refractivity contribution in [2.45, 2.75) is 13.5 Å². The topological polar surface area (TPSA) is 72.3 Å². The summed E-state index contributed by atoms with van der Waals surface area (Å²) in [5.74, 6) is -0.421. The lowest BCUT2D eigenvalue weighted by Gasteiger charge is -1.95. The van der Waals surface area contributed by atoms with E-state index in [0.29, 0.717) is 21.2 Å². The van der Waals surface area contributed by atoms with Crippen molar-refractivity contribution in [3.05, 3.63) is 31.1 Å². The molecule has 0 amide bonds. The monoisotopic (exact) mass is 340 g/mol. The normalized spacial score (nSPS) is 9.68. The number of esters is 1. The van der Waals surface area contributed by atoms with Crippen molar-refractivity contribution in [3.63, 3.8) is 0 Å². The van der Waals surface area contributed by atoms with Gasteiger partial charge in [-0.1, -0.05) is 23.2 Å². The van der Waals surface area contributed by atoms with Gasteiger partial charge in [-0.15, -0.1) is 22.7 Å².